The first-order chi connectivity index (χ1) is 13.0. The maximum absolute atomic E-state index is 13.2. The molecule has 0 amide bonds. The number of rotatable bonds is 4. The SMILES string of the molecule is Cc1cc(Cc2nc(-c3cnc(C(C)(C)C(F)(F)F)cn3)cs2)c(C)cc1N. The number of nitrogen functional groups attached to an aromatic ring is 1. The molecule has 2 N–H and O–H groups in total. The van der Waals surface area contributed by atoms with Crippen molar-refractivity contribution < 1.29 is 13.2 Å². The molecule has 0 aliphatic heterocycles. The minimum absolute atomic E-state index is 0.118. The number of aromatic nitrogens is 3. The van der Waals surface area contributed by atoms with E-state index >= 15 is 0 Å². The summed E-state index contributed by atoms with van der Waals surface area (Å²) in [7, 11) is 0. The van der Waals surface area contributed by atoms with E-state index in [1.165, 1.54) is 23.7 Å². The number of hydrogen-bond donors (Lipinski definition) is 1. The fraction of sp³-hybridized carbons (Fsp3) is 0.350. The first-order valence-corrected chi connectivity index (χ1v) is 9.56. The molecule has 0 aliphatic carbocycles. The minimum atomic E-state index is -4.40. The fourth-order valence-electron chi connectivity index (χ4n) is 2.69. The van der Waals surface area contributed by atoms with E-state index in [-0.39, 0.29) is 5.69 Å². The molecule has 2 aromatic heterocycles. The number of nitrogens with zero attached hydrogens (tertiary/aromatic N) is 3. The van der Waals surface area contributed by atoms with Crippen molar-refractivity contribution in [3.63, 3.8) is 0 Å². The van der Waals surface area contributed by atoms with Gasteiger partial charge in [0.15, 0.2) is 0 Å². The monoisotopic (exact) mass is 406 g/mol. The average Bonchev–Trinajstić information content (AvgIpc) is 3.07. The van der Waals surface area contributed by atoms with Gasteiger partial charge in [-0.15, -0.1) is 11.3 Å². The van der Waals surface area contributed by atoms with Gasteiger partial charge in [0, 0.05) is 17.5 Å². The zero-order chi connectivity index (χ0) is 20.7. The van der Waals surface area contributed by atoms with Crippen LogP contribution in [0.15, 0.2) is 29.9 Å². The fourth-order valence-corrected chi connectivity index (χ4v) is 3.50. The number of hydrogen-bond acceptors (Lipinski definition) is 5. The Kier molecular flexibility index (Phi) is 5.18. The highest BCUT2D eigenvalue weighted by molar-refractivity contribution is 7.10. The van der Waals surface area contributed by atoms with Gasteiger partial charge in [-0.25, -0.2) is 4.98 Å². The topological polar surface area (TPSA) is 64.7 Å². The zero-order valence-electron chi connectivity index (χ0n) is 16.1. The average molecular weight is 406 g/mol. The van der Waals surface area contributed by atoms with Gasteiger partial charge in [-0.1, -0.05) is 6.07 Å². The second-order valence-corrected chi connectivity index (χ2v) is 8.29. The van der Waals surface area contributed by atoms with Crippen LogP contribution in [0.25, 0.3) is 11.4 Å². The number of benzene rings is 1. The summed E-state index contributed by atoms with van der Waals surface area (Å²) >= 11 is 1.48. The van der Waals surface area contributed by atoms with Gasteiger partial charge in [0.25, 0.3) is 0 Å². The van der Waals surface area contributed by atoms with Crippen LogP contribution in [-0.2, 0) is 11.8 Å². The van der Waals surface area contributed by atoms with E-state index in [1.54, 1.807) is 0 Å². The molecule has 0 spiro atoms. The molecule has 2 heterocycles. The maximum atomic E-state index is 13.2. The van der Waals surface area contributed by atoms with Crippen molar-refractivity contribution in [1.29, 1.82) is 0 Å². The van der Waals surface area contributed by atoms with Crippen molar-refractivity contribution in [3.8, 4) is 11.4 Å². The molecule has 3 aromatic rings. The summed E-state index contributed by atoms with van der Waals surface area (Å²) in [4.78, 5) is 12.7. The predicted molar refractivity (Wildman–Crippen MR) is 105 cm³/mol. The molecule has 0 aliphatic rings. The molecule has 28 heavy (non-hydrogen) atoms. The summed E-state index contributed by atoms with van der Waals surface area (Å²) in [6.07, 6.45) is -1.22. The minimum Gasteiger partial charge on any atom is -0.399 e. The van der Waals surface area contributed by atoms with Gasteiger partial charge in [-0.3, -0.25) is 9.97 Å². The number of thiazole rings is 1. The second kappa shape index (κ2) is 7.16. The molecule has 0 saturated heterocycles. The summed E-state index contributed by atoms with van der Waals surface area (Å²) < 4.78 is 39.5. The highest BCUT2D eigenvalue weighted by atomic mass is 32.1. The van der Waals surface area contributed by atoms with Crippen molar-refractivity contribution in [2.24, 2.45) is 0 Å². The van der Waals surface area contributed by atoms with Crippen molar-refractivity contribution >= 4 is 17.0 Å². The van der Waals surface area contributed by atoms with Gasteiger partial charge in [0.1, 0.15) is 16.8 Å². The number of aryl methyl sites for hydroxylation is 2. The van der Waals surface area contributed by atoms with Crippen LogP contribution in [0.1, 0.15) is 41.2 Å². The number of nitrogens with two attached hydrogens (primary N) is 1. The number of alkyl halides is 3. The lowest BCUT2D eigenvalue weighted by molar-refractivity contribution is -0.181. The molecular formula is C20H21F3N4S. The Hall–Kier alpha value is -2.48. The second-order valence-electron chi connectivity index (χ2n) is 7.35. The smallest absolute Gasteiger partial charge is 0.399 e. The Labute approximate surface area is 165 Å². The Balaban J connectivity index is 1.82. The van der Waals surface area contributed by atoms with Crippen LogP contribution in [0, 0.1) is 13.8 Å². The van der Waals surface area contributed by atoms with Gasteiger partial charge < -0.3 is 5.73 Å². The van der Waals surface area contributed by atoms with Crippen LogP contribution in [-0.4, -0.2) is 21.1 Å². The highest BCUT2D eigenvalue weighted by Gasteiger charge is 2.49. The van der Waals surface area contributed by atoms with Crippen LogP contribution in [0.3, 0.4) is 0 Å². The highest BCUT2D eigenvalue weighted by Crippen LogP contribution is 2.39. The van der Waals surface area contributed by atoms with E-state index in [0.29, 0.717) is 17.8 Å². The number of halogens is 3. The van der Waals surface area contributed by atoms with Crippen LogP contribution in [0.2, 0.25) is 0 Å². The largest absolute Gasteiger partial charge is 0.399 e. The molecule has 0 unspecified atom stereocenters. The number of anilines is 1. The maximum Gasteiger partial charge on any atom is 0.399 e. The summed E-state index contributed by atoms with van der Waals surface area (Å²) in [5.74, 6) is 0. The Bertz CT molecular complexity index is 992. The normalized spacial score (nSPS) is 12.4. The molecule has 0 atom stereocenters. The zero-order valence-corrected chi connectivity index (χ0v) is 16.9. The lowest BCUT2D eigenvalue weighted by Crippen LogP contribution is -2.37. The van der Waals surface area contributed by atoms with Crippen molar-refractivity contribution in [1.82, 2.24) is 15.0 Å². The van der Waals surface area contributed by atoms with E-state index < -0.39 is 11.6 Å². The van der Waals surface area contributed by atoms with Crippen molar-refractivity contribution in [2.45, 2.75) is 45.7 Å². The van der Waals surface area contributed by atoms with Gasteiger partial charge in [-0.05, 0) is 50.5 Å². The lowest BCUT2D eigenvalue weighted by Gasteiger charge is -2.26. The van der Waals surface area contributed by atoms with Crippen LogP contribution >= 0.6 is 11.3 Å². The molecule has 0 radical (unpaired) electrons. The van der Waals surface area contributed by atoms with Gasteiger partial charge >= 0.3 is 6.18 Å². The molecule has 8 heteroatoms. The van der Waals surface area contributed by atoms with Gasteiger partial charge in [-0.2, -0.15) is 13.2 Å². The molecule has 0 bridgehead atoms. The summed E-state index contributed by atoms with van der Waals surface area (Å²) in [5, 5.41) is 2.73. The lowest BCUT2D eigenvalue weighted by atomic mass is 9.89. The van der Waals surface area contributed by atoms with E-state index in [0.717, 1.165) is 41.2 Å². The molecule has 148 valence electrons. The summed E-state index contributed by atoms with van der Waals surface area (Å²) in [6, 6.07) is 4.01. The van der Waals surface area contributed by atoms with Crippen LogP contribution < -0.4 is 5.73 Å². The molecule has 4 nitrogen and oxygen atoms in total. The van der Waals surface area contributed by atoms with E-state index in [4.69, 9.17) is 5.73 Å². The Morgan fingerprint density at radius 1 is 1.00 bits per heavy atom. The summed E-state index contributed by atoms with van der Waals surface area (Å²) in [5.41, 5.74) is 8.83. The van der Waals surface area contributed by atoms with Crippen LogP contribution in [0.4, 0.5) is 18.9 Å². The molecule has 1 aromatic carbocycles. The van der Waals surface area contributed by atoms with E-state index in [2.05, 4.69) is 21.0 Å². The first kappa shape index (κ1) is 20.3. The molecule has 0 saturated carbocycles. The third kappa shape index (κ3) is 3.87. The van der Waals surface area contributed by atoms with Gasteiger partial charge in [0.2, 0.25) is 0 Å². The summed E-state index contributed by atoms with van der Waals surface area (Å²) in [6.45, 7) is 6.15. The predicted octanol–water partition coefficient (Wildman–Crippen LogP) is 5.23. The third-order valence-corrected chi connectivity index (χ3v) is 5.73. The quantitative estimate of drug-likeness (QED) is 0.603. The first-order valence-electron chi connectivity index (χ1n) is 8.68. The van der Waals surface area contributed by atoms with Crippen LogP contribution in [0.5, 0.6) is 0 Å². The van der Waals surface area contributed by atoms with Gasteiger partial charge in [0.05, 0.1) is 23.1 Å². The van der Waals surface area contributed by atoms with Crippen molar-refractivity contribution in [2.75, 3.05) is 5.73 Å². The standard InChI is InChI=1S/C20H21F3N4S/c1-11-6-14(24)12(2)5-13(11)7-18-27-16(10-28-18)15-8-26-17(9-25-15)19(3,4)20(21,22)23/h5-6,8-10H,7,24H2,1-4H3. The van der Waals surface area contributed by atoms with Crippen molar-refractivity contribution in [3.05, 3.63) is 57.3 Å². The third-order valence-electron chi connectivity index (χ3n) is 4.88. The molecule has 3 rings (SSSR count). The molecule has 0 fully saturated rings. The molecular weight excluding hydrogens is 385 g/mol. The Morgan fingerprint density at radius 2 is 1.71 bits per heavy atom. The van der Waals surface area contributed by atoms with E-state index in [1.807, 2.05) is 25.3 Å². The Morgan fingerprint density at radius 3 is 2.32 bits per heavy atom. The van der Waals surface area contributed by atoms with E-state index in [9.17, 15) is 13.2 Å².